The third-order valence-corrected chi connectivity index (χ3v) is 4.42. The summed E-state index contributed by atoms with van der Waals surface area (Å²) in [6.07, 6.45) is 1.82. The van der Waals surface area contributed by atoms with Gasteiger partial charge in [-0.05, 0) is 38.1 Å². The van der Waals surface area contributed by atoms with E-state index in [-0.39, 0.29) is 6.10 Å². The monoisotopic (exact) mass is 356 g/mol. The van der Waals surface area contributed by atoms with E-state index in [1.165, 1.54) is 0 Å². The lowest BCUT2D eigenvalue weighted by Crippen LogP contribution is -2.06. The Morgan fingerprint density at radius 1 is 1.04 bits per heavy atom. The molecule has 25 heavy (non-hydrogen) atoms. The molecule has 0 spiro atoms. The number of hydrogen-bond donors (Lipinski definition) is 0. The zero-order valence-corrected chi connectivity index (χ0v) is 15.5. The zero-order chi connectivity index (χ0) is 17.8. The maximum absolute atomic E-state index is 5.66. The first-order chi connectivity index (χ1) is 12.1. The van der Waals surface area contributed by atoms with Gasteiger partial charge in [0.05, 0.1) is 26.0 Å². The molecule has 0 saturated carbocycles. The highest BCUT2D eigenvalue weighted by molar-refractivity contribution is 7.13. The average Bonchev–Trinajstić information content (AvgIpc) is 3.11. The molecule has 0 bridgehead atoms. The molecule has 5 nitrogen and oxygen atoms in total. The number of benzene rings is 1. The molecule has 0 aliphatic heterocycles. The van der Waals surface area contributed by atoms with Gasteiger partial charge in [0.25, 0.3) is 0 Å². The molecule has 0 saturated heterocycles. The second-order valence-electron chi connectivity index (χ2n) is 5.65. The van der Waals surface area contributed by atoms with Gasteiger partial charge in [-0.25, -0.2) is 9.97 Å². The quantitative estimate of drug-likeness (QED) is 0.642. The van der Waals surface area contributed by atoms with Crippen LogP contribution < -0.4 is 14.2 Å². The van der Waals surface area contributed by atoms with Crippen molar-refractivity contribution in [1.29, 1.82) is 0 Å². The Morgan fingerprint density at radius 3 is 2.60 bits per heavy atom. The van der Waals surface area contributed by atoms with Crippen LogP contribution in [0.15, 0.2) is 41.9 Å². The van der Waals surface area contributed by atoms with Gasteiger partial charge in [0, 0.05) is 28.8 Å². The maximum Gasteiger partial charge on any atom is 0.214 e. The van der Waals surface area contributed by atoms with E-state index in [1.54, 1.807) is 31.8 Å². The molecule has 130 valence electrons. The van der Waals surface area contributed by atoms with Crippen LogP contribution >= 0.6 is 11.3 Å². The number of pyridine rings is 1. The van der Waals surface area contributed by atoms with Crippen LogP contribution in [-0.2, 0) is 0 Å². The number of rotatable bonds is 6. The Bertz CT molecular complexity index is 861. The van der Waals surface area contributed by atoms with Crippen molar-refractivity contribution >= 4 is 11.3 Å². The Hall–Kier alpha value is -2.60. The molecule has 0 unspecified atom stereocenters. The van der Waals surface area contributed by atoms with Gasteiger partial charge in [0.2, 0.25) is 5.88 Å². The van der Waals surface area contributed by atoms with E-state index in [1.807, 2.05) is 49.6 Å². The molecule has 0 aliphatic rings. The molecular weight excluding hydrogens is 336 g/mol. The summed E-state index contributed by atoms with van der Waals surface area (Å²) >= 11 is 1.57. The summed E-state index contributed by atoms with van der Waals surface area (Å²) in [6.45, 7) is 3.95. The smallest absolute Gasteiger partial charge is 0.214 e. The third-order valence-electron chi connectivity index (χ3n) is 3.53. The molecule has 0 fully saturated rings. The van der Waals surface area contributed by atoms with E-state index < -0.39 is 0 Å². The first kappa shape index (κ1) is 17.2. The summed E-state index contributed by atoms with van der Waals surface area (Å²) in [7, 11) is 3.29. The Balaban J connectivity index is 1.96. The van der Waals surface area contributed by atoms with Crippen molar-refractivity contribution < 1.29 is 14.2 Å². The van der Waals surface area contributed by atoms with E-state index in [9.17, 15) is 0 Å². The lowest BCUT2D eigenvalue weighted by Gasteiger charge is -2.09. The van der Waals surface area contributed by atoms with Gasteiger partial charge in [-0.15, -0.1) is 11.3 Å². The molecular formula is C19H20N2O3S. The van der Waals surface area contributed by atoms with Crippen LogP contribution in [0.4, 0.5) is 0 Å². The summed E-state index contributed by atoms with van der Waals surface area (Å²) in [5, 5.41) is 2.91. The van der Waals surface area contributed by atoms with Gasteiger partial charge in [-0.2, -0.15) is 0 Å². The molecule has 2 aromatic heterocycles. The molecule has 0 aliphatic carbocycles. The van der Waals surface area contributed by atoms with Crippen LogP contribution in [0.1, 0.15) is 13.8 Å². The van der Waals surface area contributed by atoms with Crippen molar-refractivity contribution in [3.63, 3.8) is 0 Å². The molecule has 3 aromatic rings. The third kappa shape index (κ3) is 3.91. The fraction of sp³-hybridized carbons (Fsp3) is 0.263. The molecule has 0 amide bonds. The minimum atomic E-state index is 0.0793. The van der Waals surface area contributed by atoms with E-state index in [2.05, 4.69) is 4.98 Å². The zero-order valence-electron chi connectivity index (χ0n) is 14.6. The van der Waals surface area contributed by atoms with E-state index in [0.717, 1.165) is 33.3 Å². The van der Waals surface area contributed by atoms with Gasteiger partial charge < -0.3 is 14.2 Å². The summed E-state index contributed by atoms with van der Waals surface area (Å²) in [4.78, 5) is 8.99. The molecule has 0 radical (unpaired) electrons. The fourth-order valence-corrected chi connectivity index (χ4v) is 3.21. The summed E-state index contributed by atoms with van der Waals surface area (Å²) < 4.78 is 16.4. The van der Waals surface area contributed by atoms with Crippen molar-refractivity contribution in [2.24, 2.45) is 0 Å². The van der Waals surface area contributed by atoms with Gasteiger partial charge in [0.1, 0.15) is 16.5 Å². The molecule has 6 heteroatoms. The second kappa shape index (κ2) is 7.53. The molecule has 1 aromatic carbocycles. The lowest BCUT2D eigenvalue weighted by atomic mass is 10.1. The average molecular weight is 356 g/mol. The Kier molecular flexibility index (Phi) is 5.19. The van der Waals surface area contributed by atoms with Crippen molar-refractivity contribution in [2.45, 2.75) is 20.0 Å². The number of aromatic nitrogens is 2. The van der Waals surface area contributed by atoms with Crippen molar-refractivity contribution in [3.05, 3.63) is 41.9 Å². The van der Waals surface area contributed by atoms with Gasteiger partial charge in [-0.3, -0.25) is 0 Å². The van der Waals surface area contributed by atoms with Gasteiger partial charge >= 0.3 is 0 Å². The van der Waals surface area contributed by atoms with Crippen LogP contribution in [0.5, 0.6) is 17.4 Å². The predicted octanol–water partition coefficient (Wildman–Crippen LogP) is 4.68. The highest BCUT2D eigenvalue weighted by Crippen LogP contribution is 2.36. The molecule has 0 atom stereocenters. The fourth-order valence-electron chi connectivity index (χ4n) is 2.39. The summed E-state index contributed by atoms with van der Waals surface area (Å²) in [5.74, 6) is 2.13. The Morgan fingerprint density at radius 2 is 1.88 bits per heavy atom. The van der Waals surface area contributed by atoms with E-state index >= 15 is 0 Å². The molecule has 3 rings (SSSR count). The largest absolute Gasteiger partial charge is 0.497 e. The van der Waals surface area contributed by atoms with E-state index in [4.69, 9.17) is 19.2 Å². The van der Waals surface area contributed by atoms with E-state index in [0.29, 0.717) is 5.88 Å². The SMILES string of the molecule is COc1ccc(OC)c(-c2csc(-c3ccnc(OC(C)C)c3)n2)c1. The first-order valence-corrected chi connectivity index (χ1v) is 8.79. The van der Waals surface area contributed by atoms with Crippen LogP contribution in [0.3, 0.4) is 0 Å². The lowest BCUT2D eigenvalue weighted by molar-refractivity contribution is 0.233. The Labute approximate surface area is 151 Å². The van der Waals surface area contributed by atoms with Crippen LogP contribution in [0.25, 0.3) is 21.8 Å². The number of thiazole rings is 1. The normalized spacial score (nSPS) is 10.8. The first-order valence-electron chi connectivity index (χ1n) is 7.91. The highest BCUT2D eigenvalue weighted by atomic mass is 32.1. The maximum atomic E-state index is 5.66. The van der Waals surface area contributed by atoms with Crippen LogP contribution in [0, 0.1) is 0 Å². The van der Waals surface area contributed by atoms with Gasteiger partial charge in [-0.1, -0.05) is 0 Å². The number of nitrogens with zero attached hydrogens (tertiary/aromatic N) is 2. The minimum Gasteiger partial charge on any atom is -0.497 e. The summed E-state index contributed by atoms with van der Waals surface area (Å²) in [5.41, 5.74) is 2.72. The summed E-state index contributed by atoms with van der Waals surface area (Å²) in [6, 6.07) is 9.52. The van der Waals surface area contributed by atoms with Gasteiger partial charge in [0.15, 0.2) is 0 Å². The number of methoxy groups -OCH3 is 2. The van der Waals surface area contributed by atoms with Crippen LogP contribution in [0.2, 0.25) is 0 Å². The standard InChI is InChI=1S/C19H20N2O3S/c1-12(2)24-18-9-13(7-8-20-18)19-21-16(11-25-19)15-10-14(22-3)5-6-17(15)23-4/h5-12H,1-4H3. The van der Waals surface area contributed by atoms with Crippen molar-refractivity contribution in [3.8, 4) is 39.2 Å². The molecule has 2 heterocycles. The number of ether oxygens (including phenoxy) is 3. The topological polar surface area (TPSA) is 53.5 Å². The molecule has 0 N–H and O–H groups in total. The number of hydrogen-bond acceptors (Lipinski definition) is 6. The second-order valence-corrected chi connectivity index (χ2v) is 6.51. The van der Waals surface area contributed by atoms with Crippen molar-refractivity contribution in [2.75, 3.05) is 14.2 Å². The highest BCUT2D eigenvalue weighted by Gasteiger charge is 2.13. The predicted molar refractivity (Wildman–Crippen MR) is 99.6 cm³/mol. The minimum absolute atomic E-state index is 0.0793. The van der Waals surface area contributed by atoms with Crippen molar-refractivity contribution in [1.82, 2.24) is 9.97 Å². The van der Waals surface area contributed by atoms with Crippen LogP contribution in [-0.4, -0.2) is 30.3 Å².